The van der Waals surface area contributed by atoms with E-state index in [9.17, 15) is 0 Å². The molecule has 0 radical (unpaired) electrons. The van der Waals surface area contributed by atoms with Gasteiger partial charge in [0.15, 0.2) is 5.82 Å². The smallest absolute Gasteiger partial charge is 0.166 e. The molecule has 0 bridgehead atoms. The van der Waals surface area contributed by atoms with E-state index < -0.39 is 0 Å². The van der Waals surface area contributed by atoms with E-state index >= 15 is 0 Å². The first kappa shape index (κ1) is 10.0. The zero-order valence-corrected chi connectivity index (χ0v) is 9.83. The van der Waals surface area contributed by atoms with Gasteiger partial charge in [0.05, 0.1) is 11.8 Å². The Balaban J connectivity index is 2.30. The Labute approximate surface area is 98.8 Å². The predicted molar refractivity (Wildman–Crippen MR) is 65.0 cm³/mol. The number of rotatable bonds is 2. The van der Waals surface area contributed by atoms with E-state index in [-0.39, 0.29) is 0 Å². The fourth-order valence-corrected chi connectivity index (χ4v) is 2.01. The van der Waals surface area contributed by atoms with Gasteiger partial charge in [0.2, 0.25) is 0 Å². The molecule has 0 spiro atoms. The van der Waals surface area contributed by atoms with Crippen molar-refractivity contribution < 1.29 is 0 Å². The molecular formula is C12H13N5. The number of hydrogen-bond acceptors (Lipinski definition) is 3. The molecule has 5 nitrogen and oxygen atoms in total. The summed E-state index contributed by atoms with van der Waals surface area (Å²) in [5.74, 6) is 1.84. The second-order valence-corrected chi connectivity index (χ2v) is 3.92. The molecule has 0 fully saturated rings. The maximum atomic E-state index is 4.42. The van der Waals surface area contributed by atoms with E-state index in [0.717, 1.165) is 29.1 Å². The van der Waals surface area contributed by atoms with Crippen molar-refractivity contribution in [2.24, 2.45) is 7.05 Å². The molecule has 0 N–H and O–H groups in total. The van der Waals surface area contributed by atoms with E-state index in [1.54, 1.807) is 18.7 Å². The lowest BCUT2D eigenvalue weighted by molar-refractivity contribution is 0.872. The normalized spacial score (nSPS) is 11.2. The van der Waals surface area contributed by atoms with Crippen molar-refractivity contribution in [3.05, 3.63) is 36.8 Å². The minimum atomic E-state index is 0.845. The van der Waals surface area contributed by atoms with Crippen LogP contribution in [-0.4, -0.2) is 24.1 Å². The summed E-state index contributed by atoms with van der Waals surface area (Å²) >= 11 is 0. The molecule has 86 valence electrons. The SMILES string of the molecule is CCc1nccn1-c1nccc2c1ncn2C. The highest BCUT2D eigenvalue weighted by Crippen LogP contribution is 2.19. The third-order valence-electron chi connectivity index (χ3n) is 2.89. The van der Waals surface area contributed by atoms with Gasteiger partial charge in [0.1, 0.15) is 11.3 Å². The van der Waals surface area contributed by atoms with Gasteiger partial charge in [-0.05, 0) is 6.07 Å². The lowest BCUT2D eigenvalue weighted by Gasteiger charge is -2.06. The van der Waals surface area contributed by atoms with Gasteiger partial charge in [-0.2, -0.15) is 0 Å². The van der Waals surface area contributed by atoms with Crippen LogP contribution >= 0.6 is 0 Å². The Morgan fingerprint density at radius 1 is 1.18 bits per heavy atom. The minimum absolute atomic E-state index is 0.845. The van der Waals surface area contributed by atoms with Gasteiger partial charge in [-0.3, -0.25) is 4.57 Å². The Hall–Kier alpha value is -2.17. The molecule has 0 unspecified atom stereocenters. The van der Waals surface area contributed by atoms with Gasteiger partial charge in [0, 0.05) is 32.1 Å². The fraction of sp³-hybridized carbons (Fsp3) is 0.250. The number of imidazole rings is 2. The van der Waals surface area contributed by atoms with Crippen LogP contribution in [0.1, 0.15) is 12.7 Å². The fourth-order valence-electron chi connectivity index (χ4n) is 2.01. The molecule has 0 aliphatic rings. The van der Waals surface area contributed by atoms with Crippen molar-refractivity contribution in [3.8, 4) is 5.82 Å². The van der Waals surface area contributed by atoms with Gasteiger partial charge in [-0.1, -0.05) is 6.92 Å². The zero-order chi connectivity index (χ0) is 11.8. The standard InChI is InChI=1S/C12H13N5/c1-3-10-13-6-7-17(10)12-11-9(4-5-14-12)16(2)8-15-11/h4-8H,3H2,1-2H3. The molecule has 0 saturated carbocycles. The van der Waals surface area contributed by atoms with Gasteiger partial charge >= 0.3 is 0 Å². The topological polar surface area (TPSA) is 48.5 Å². The van der Waals surface area contributed by atoms with Gasteiger partial charge in [0.25, 0.3) is 0 Å². The summed E-state index contributed by atoms with van der Waals surface area (Å²) in [5.41, 5.74) is 1.98. The van der Waals surface area contributed by atoms with Crippen LogP contribution < -0.4 is 0 Å². The lowest BCUT2D eigenvalue weighted by Crippen LogP contribution is -2.02. The summed E-state index contributed by atoms with van der Waals surface area (Å²) in [7, 11) is 1.98. The van der Waals surface area contributed by atoms with E-state index in [2.05, 4.69) is 21.9 Å². The summed E-state index contributed by atoms with van der Waals surface area (Å²) in [5, 5.41) is 0. The monoisotopic (exact) mass is 227 g/mol. The van der Waals surface area contributed by atoms with Crippen LogP contribution in [0.4, 0.5) is 0 Å². The van der Waals surface area contributed by atoms with Crippen molar-refractivity contribution in [2.75, 3.05) is 0 Å². The molecule has 0 saturated heterocycles. The van der Waals surface area contributed by atoms with Crippen LogP contribution in [0.2, 0.25) is 0 Å². The van der Waals surface area contributed by atoms with E-state index in [1.165, 1.54) is 0 Å². The molecule has 3 aromatic rings. The summed E-state index contributed by atoms with van der Waals surface area (Å²) in [6.45, 7) is 2.08. The molecule has 3 heterocycles. The van der Waals surface area contributed by atoms with Crippen LogP contribution in [0.3, 0.4) is 0 Å². The zero-order valence-electron chi connectivity index (χ0n) is 9.83. The lowest BCUT2D eigenvalue weighted by atomic mass is 10.3. The molecule has 5 heteroatoms. The molecule has 0 atom stereocenters. The number of aryl methyl sites for hydroxylation is 2. The highest BCUT2D eigenvalue weighted by Gasteiger charge is 2.11. The predicted octanol–water partition coefficient (Wildman–Crippen LogP) is 1.72. The first-order valence-electron chi connectivity index (χ1n) is 5.60. The number of aromatic nitrogens is 5. The Kier molecular flexibility index (Phi) is 2.18. The maximum absolute atomic E-state index is 4.42. The molecule has 17 heavy (non-hydrogen) atoms. The Morgan fingerprint density at radius 3 is 2.88 bits per heavy atom. The van der Waals surface area contributed by atoms with Crippen molar-refractivity contribution in [1.82, 2.24) is 24.1 Å². The number of nitrogens with zero attached hydrogens (tertiary/aromatic N) is 5. The van der Waals surface area contributed by atoms with Crippen molar-refractivity contribution in [1.29, 1.82) is 0 Å². The van der Waals surface area contributed by atoms with Gasteiger partial charge in [-0.15, -0.1) is 0 Å². The molecule has 3 aromatic heterocycles. The number of hydrogen-bond donors (Lipinski definition) is 0. The van der Waals surface area contributed by atoms with Crippen LogP contribution in [0.25, 0.3) is 16.9 Å². The molecule has 0 aliphatic heterocycles. The quantitative estimate of drug-likeness (QED) is 0.669. The van der Waals surface area contributed by atoms with E-state index in [0.29, 0.717) is 0 Å². The first-order valence-corrected chi connectivity index (χ1v) is 5.60. The summed E-state index contributed by atoms with van der Waals surface area (Å²) in [6.07, 6.45) is 8.20. The molecule has 3 rings (SSSR count). The first-order chi connectivity index (χ1) is 8.31. The third-order valence-corrected chi connectivity index (χ3v) is 2.89. The Morgan fingerprint density at radius 2 is 2.06 bits per heavy atom. The average molecular weight is 227 g/mol. The van der Waals surface area contributed by atoms with Crippen LogP contribution in [0.15, 0.2) is 31.0 Å². The maximum Gasteiger partial charge on any atom is 0.166 e. The van der Waals surface area contributed by atoms with Crippen LogP contribution in [0.5, 0.6) is 0 Å². The molecular weight excluding hydrogens is 214 g/mol. The molecule has 0 amide bonds. The summed E-state index contributed by atoms with van der Waals surface area (Å²) in [6, 6.07) is 1.97. The van der Waals surface area contributed by atoms with Crippen molar-refractivity contribution >= 4 is 11.0 Å². The van der Waals surface area contributed by atoms with E-state index in [4.69, 9.17) is 0 Å². The summed E-state index contributed by atoms with van der Waals surface area (Å²) in [4.78, 5) is 13.1. The summed E-state index contributed by atoms with van der Waals surface area (Å²) < 4.78 is 3.98. The van der Waals surface area contributed by atoms with Gasteiger partial charge < -0.3 is 4.57 Å². The second kappa shape index (κ2) is 3.69. The number of fused-ring (bicyclic) bond motifs is 1. The van der Waals surface area contributed by atoms with Crippen molar-refractivity contribution in [2.45, 2.75) is 13.3 Å². The molecule has 0 aromatic carbocycles. The van der Waals surface area contributed by atoms with Crippen LogP contribution in [0, 0.1) is 0 Å². The molecule has 0 aliphatic carbocycles. The minimum Gasteiger partial charge on any atom is -0.334 e. The average Bonchev–Trinajstić information content (AvgIpc) is 2.96. The van der Waals surface area contributed by atoms with Gasteiger partial charge in [-0.25, -0.2) is 15.0 Å². The Bertz CT molecular complexity index is 664. The van der Waals surface area contributed by atoms with E-state index in [1.807, 2.05) is 28.4 Å². The highest BCUT2D eigenvalue weighted by molar-refractivity contribution is 5.81. The highest BCUT2D eigenvalue weighted by atomic mass is 15.1. The van der Waals surface area contributed by atoms with Crippen LogP contribution in [-0.2, 0) is 13.5 Å². The second-order valence-electron chi connectivity index (χ2n) is 3.92. The van der Waals surface area contributed by atoms with Crippen molar-refractivity contribution in [3.63, 3.8) is 0 Å². The number of pyridine rings is 1. The third kappa shape index (κ3) is 1.43. The largest absolute Gasteiger partial charge is 0.334 e.